The number of para-hydroxylation sites is 2. The zero-order valence-corrected chi connectivity index (χ0v) is 26.1. The molecule has 4 aromatic carbocycles. The molecule has 0 aromatic heterocycles. The molecule has 0 N–H and O–H groups in total. The summed E-state index contributed by atoms with van der Waals surface area (Å²) < 4.78 is 35.7. The van der Waals surface area contributed by atoms with Crippen molar-refractivity contribution < 1.29 is 8.78 Å². The Labute approximate surface area is 254 Å². The highest BCUT2D eigenvalue weighted by Gasteiger charge is 2.68. The van der Waals surface area contributed by atoms with E-state index in [2.05, 4.69) is 113 Å². The van der Waals surface area contributed by atoms with E-state index < -0.39 is 11.5 Å². The molecule has 0 spiro atoms. The smallest absolute Gasteiger partial charge is 0.252 e. The number of benzene rings is 4. The van der Waals surface area contributed by atoms with Gasteiger partial charge in [0.1, 0.15) is 0 Å². The van der Waals surface area contributed by atoms with Gasteiger partial charge in [0, 0.05) is 40.4 Å². The Morgan fingerprint density at radius 2 is 1.30 bits per heavy atom. The minimum absolute atomic E-state index is 0.130. The lowest BCUT2D eigenvalue weighted by Crippen LogP contribution is -2.64. The summed E-state index contributed by atoms with van der Waals surface area (Å²) in [4.78, 5) is 4.16. The van der Waals surface area contributed by atoms with Crippen LogP contribution in [-0.2, 0) is 16.5 Å². The molecule has 218 valence electrons. The highest BCUT2D eigenvalue weighted by molar-refractivity contribution is 7.00. The summed E-state index contributed by atoms with van der Waals surface area (Å²) in [7, 11) is 0. The summed E-state index contributed by atoms with van der Waals surface area (Å²) in [5, 5.41) is 0. The van der Waals surface area contributed by atoms with Crippen LogP contribution in [0, 0.1) is 0 Å². The summed E-state index contributed by atoms with van der Waals surface area (Å²) in [6.45, 7) is 13.0. The predicted octanol–water partition coefficient (Wildman–Crippen LogP) is 8.45. The van der Waals surface area contributed by atoms with Gasteiger partial charge in [0.2, 0.25) is 5.79 Å². The minimum Gasteiger partial charge on any atom is -0.311 e. The van der Waals surface area contributed by atoms with Crippen molar-refractivity contribution in [2.75, 3.05) is 9.80 Å². The van der Waals surface area contributed by atoms with E-state index in [1.807, 2.05) is 17.0 Å². The maximum atomic E-state index is 18.0. The fourth-order valence-electron chi connectivity index (χ4n) is 8.22. The Morgan fingerprint density at radius 1 is 0.674 bits per heavy atom. The second kappa shape index (κ2) is 8.52. The van der Waals surface area contributed by atoms with Crippen LogP contribution < -0.4 is 26.2 Å². The SMILES string of the molecule is CC(C)(C)c1cc2c3c(c1)N1c4c(cc(C(C)(C)C)cc4C4(F)CCCCC14F)B3c1ccccc1N2c1ccccc1. The monoisotopic (exact) mass is 572 g/mol. The summed E-state index contributed by atoms with van der Waals surface area (Å²) in [6.07, 6.45) is 1.76. The largest absolute Gasteiger partial charge is 0.311 e. The third kappa shape index (κ3) is 3.45. The van der Waals surface area contributed by atoms with Gasteiger partial charge in [0.05, 0.1) is 0 Å². The van der Waals surface area contributed by atoms with E-state index in [1.54, 1.807) is 0 Å². The van der Waals surface area contributed by atoms with E-state index in [0.29, 0.717) is 18.4 Å². The van der Waals surface area contributed by atoms with Crippen LogP contribution in [0.15, 0.2) is 78.9 Å². The van der Waals surface area contributed by atoms with Crippen LogP contribution in [0.4, 0.5) is 37.2 Å². The van der Waals surface area contributed by atoms with Gasteiger partial charge in [-0.25, -0.2) is 8.78 Å². The van der Waals surface area contributed by atoms with Gasteiger partial charge in [-0.2, -0.15) is 0 Å². The van der Waals surface area contributed by atoms with Crippen molar-refractivity contribution in [1.82, 2.24) is 0 Å². The van der Waals surface area contributed by atoms with Gasteiger partial charge in [-0.05, 0) is 94.0 Å². The molecular weight excluding hydrogens is 533 g/mol. The van der Waals surface area contributed by atoms with E-state index in [9.17, 15) is 0 Å². The molecule has 5 heteroatoms. The fraction of sp³-hybridized carbons (Fsp3) is 0.368. The maximum absolute atomic E-state index is 18.0. The van der Waals surface area contributed by atoms with Crippen LogP contribution in [0.25, 0.3) is 0 Å². The van der Waals surface area contributed by atoms with E-state index in [4.69, 9.17) is 0 Å². The van der Waals surface area contributed by atoms with E-state index in [0.717, 1.165) is 50.5 Å². The highest BCUT2D eigenvalue weighted by atomic mass is 19.2. The molecule has 0 amide bonds. The van der Waals surface area contributed by atoms with Crippen molar-refractivity contribution in [2.24, 2.45) is 0 Å². The van der Waals surface area contributed by atoms with E-state index in [-0.39, 0.29) is 30.4 Å². The van der Waals surface area contributed by atoms with Crippen LogP contribution in [0.1, 0.15) is 83.9 Å². The zero-order valence-electron chi connectivity index (χ0n) is 26.1. The number of halogens is 2. The number of hydrogen-bond donors (Lipinski definition) is 0. The molecule has 3 aliphatic heterocycles. The van der Waals surface area contributed by atoms with Gasteiger partial charge in [-0.3, -0.25) is 0 Å². The van der Waals surface area contributed by atoms with Crippen LogP contribution >= 0.6 is 0 Å². The van der Waals surface area contributed by atoms with Crippen LogP contribution in [0.5, 0.6) is 0 Å². The topological polar surface area (TPSA) is 6.48 Å². The zero-order chi connectivity index (χ0) is 30.1. The number of hydrogen-bond acceptors (Lipinski definition) is 2. The van der Waals surface area contributed by atoms with Crippen molar-refractivity contribution in [2.45, 2.75) is 89.5 Å². The number of anilines is 5. The molecule has 0 bridgehead atoms. The second-order valence-corrected chi connectivity index (χ2v) is 15.2. The van der Waals surface area contributed by atoms with Crippen LogP contribution in [-0.4, -0.2) is 12.5 Å². The van der Waals surface area contributed by atoms with Gasteiger partial charge >= 0.3 is 0 Å². The Balaban J connectivity index is 1.55. The number of rotatable bonds is 1. The van der Waals surface area contributed by atoms with E-state index >= 15 is 8.78 Å². The van der Waals surface area contributed by atoms with Gasteiger partial charge in [-0.1, -0.05) is 84.0 Å². The number of nitrogens with zero attached hydrogens (tertiary/aromatic N) is 2. The molecule has 2 unspecified atom stereocenters. The Morgan fingerprint density at radius 3 is 2.02 bits per heavy atom. The molecule has 1 fully saturated rings. The maximum Gasteiger partial charge on any atom is 0.252 e. The standard InChI is InChI=1S/C38H39BF2N2/c1-35(2,3)24-20-27-34-29(21-24)39-28-16-10-11-17-30(28)42(26-14-8-7-9-15-26)31-22-25(36(4,5)6)23-32(33(31)39)43(34)38(41)19-13-12-18-37(27,38)40/h7-11,14-17,20-23H,12-13,18-19H2,1-6H3. The van der Waals surface area contributed by atoms with Crippen LogP contribution in [0.2, 0.25) is 0 Å². The van der Waals surface area contributed by atoms with Crippen molar-refractivity contribution in [1.29, 1.82) is 0 Å². The highest BCUT2D eigenvalue weighted by Crippen LogP contribution is 2.64. The molecule has 4 aromatic rings. The summed E-state index contributed by atoms with van der Waals surface area (Å²) in [5.41, 5.74) is 8.36. The fourth-order valence-corrected chi connectivity index (χ4v) is 8.22. The molecule has 3 heterocycles. The molecule has 43 heavy (non-hydrogen) atoms. The second-order valence-electron chi connectivity index (χ2n) is 15.2. The first-order valence-electron chi connectivity index (χ1n) is 15.8. The molecule has 0 saturated heterocycles. The average molecular weight is 573 g/mol. The number of fused-ring (bicyclic) bond motifs is 7. The number of alkyl halides is 2. The third-order valence-corrected chi connectivity index (χ3v) is 10.5. The lowest BCUT2D eigenvalue weighted by molar-refractivity contribution is -0.0615. The van der Waals surface area contributed by atoms with Crippen molar-refractivity contribution in [3.8, 4) is 0 Å². The summed E-state index contributed by atoms with van der Waals surface area (Å²) in [6, 6.07) is 27.8. The molecule has 0 radical (unpaired) electrons. The molecule has 8 rings (SSSR count). The first-order chi connectivity index (χ1) is 20.3. The van der Waals surface area contributed by atoms with Crippen molar-refractivity contribution in [3.63, 3.8) is 0 Å². The molecule has 2 atom stereocenters. The average Bonchev–Trinajstić information content (AvgIpc) is 3.18. The lowest BCUT2D eigenvalue weighted by Gasteiger charge is -2.48. The van der Waals surface area contributed by atoms with Crippen molar-refractivity contribution >= 4 is 51.5 Å². The lowest BCUT2D eigenvalue weighted by atomic mass is 9.33. The molecule has 4 aliphatic rings. The molecular formula is C38H39BF2N2. The summed E-state index contributed by atoms with van der Waals surface area (Å²) in [5.74, 6) is -2.14. The van der Waals surface area contributed by atoms with E-state index in [1.165, 1.54) is 5.46 Å². The van der Waals surface area contributed by atoms with Gasteiger partial charge in [0.25, 0.3) is 6.71 Å². The first kappa shape index (κ1) is 27.0. The molecule has 1 saturated carbocycles. The summed E-state index contributed by atoms with van der Waals surface area (Å²) >= 11 is 0. The predicted molar refractivity (Wildman–Crippen MR) is 177 cm³/mol. The van der Waals surface area contributed by atoms with Crippen LogP contribution in [0.3, 0.4) is 0 Å². The molecule has 1 aliphatic carbocycles. The van der Waals surface area contributed by atoms with Crippen molar-refractivity contribution in [3.05, 3.63) is 95.6 Å². The normalized spacial score (nSPS) is 23.5. The van der Waals surface area contributed by atoms with Gasteiger partial charge < -0.3 is 9.80 Å². The van der Waals surface area contributed by atoms with Gasteiger partial charge in [-0.15, -0.1) is 0 Å². The minimum atomic E-state index is -2.14. The molecule has 2 nitrogen and oxygen atoms in total. The quantitative estimate of drug-likeness (QED) is 0.147. The Hall–Kier alpha value is -3.60. The first-order valence-corrected chi connectivity index (χ1v) is 15.8. The Bertz CT molecular complexity index is 1800. The van der Waals surface area contributed by atoms with Gasteiger partial charge in [0.15, 0.2) is 5.67 Å². The third-order valence-electron chi connectivity index (χ3n) is 10.5. The Kier molecular flexibility index (Phi) is 5.35.